The number of imide groups is 1. The van der Waals surface area contributed by atoms with E-state index in [2.05, 4.69) is 10.3 Å². The molecule has 1 aromatic heterocycles. The number of anilines is 1. The molecule has 7 rings (SSSR count). The quantitative estimate of drug-likeness (QED) is 0.437. The summed E-state index contributed by atoms with van der Waals surface area (Å²) in [6, 6.07) is 13.8. The first-order valence-corrected chi connectivity index (χ1v) is 12.1. The van der Waals surface area contributed by atoms with Crippen molar-refractivity contribution in [2.24, 2.45) is 11.8 Å². The minimum atomic E-state index is -1.26. The van der Waals surface area contributed by atoms with Crippen molar-refractivity contribution in [3.63, 3.8) is 0 Å². The first-order chi connectivity index (χ1) is 15.8. The van der Waals surface area contributed by atoms with Crippen LogP contribution in [0.5, 0.6) is 0 Å². The summed E-state index contributed by atoms with van der Waals surface area (Å²) in [5.41, 5.74) is 2.91. The lowest BCUT2D eigenvalue weighted by Gasteiger charge is -2.54. The van der Waals surface area contributed by atoms with Crippen LogP contribution in [-0.4, -0.2) is 33.6 Å². The Labute approximate surface area is 203 Å². The van der Waals surface area contributed by atoms with Gasteiger partial charge in [0.15, 0.2) is 5.13 Å². The fourth-order valence-corrected chi connectivity index (χ4v) is 7.31. The van der Waals surface area contributed by atoms with E-state index in [0.717, 1.165) is 27.2 Å². The summed E-state index contributed by atoms with van der Waals surface area (Å²) >= 11 is 16.0. The van der Waals surface area contributed by atoms with Crippen LogP contribution < -0.4 is 5.32 Å². The number of likely N-dealkylation sites (tertiary alicyclic amines) is 1. The van der Waals surface area contributed by atoms with Gasteiger partial charge in [-0.2, -0.15) is 0 Å². The monoisotopic (exact) mass is 497 g/mol. The standard InChI is InChI=1S/C24H17Cl2N3O3S/c1-12(19(30)28-22-27-10-11-33-22)29-20(31)17-18(21(29)32)24(26)14-7-3-2-6-13(14)23(17,25)15-8-4-5-9-16(15)24/h2-12,17-18H,1H3,(H,27,28,30)/t12-,17-,18-,23?,24?/m1/s1. The Morgan fingerprint density at radius 3 is 1.82 bits per heavy atom. The van der Waals surface area contributed by atoms with E-state index in [1.165, 1.54) is 18.3 Å². The van der Waals surface area contributed by atoms with E-state index in [4.69, 9.17) is 23.2 Å². The Morgan fingerprint density at radius 2 is 1.42 bits per heavy atom. The summed E-state index contributed by atoms with van der Waals surface area (Å²) in [6.07, 6.45) is 1.56. The molecule has 33 heavy (non-hydrogen) atoms. The highest BCUT2D eigenvalue weighted by Gasteiger charge is 2.73. The SMILES string of the molecule is C[C@H](C(=O)Nc1nccs1)N1C(=O)[C@H]2[C@H](C1=O)C1(Cl)c3ccccc3C2(Cl)c2ccccc21. The van der Waals surface area contributed by atoms with Crippen LogP contribution in [0.25, 0.3) is 0 Å². The third-order valence-electron chi connectivity index (χ3n) is 7.05. The lowest BCUT2D eigenvalue weighted by atomic mass is 9.54. The molecule has 0 spiro atoms. The van der Waals surface area contributed by atoms with Crippen LogP contribution in [0.2, 0.25) is 0 Å². The number of benzene rings is 2. The highest BCUT2D eigenvalue weighted by atomic mass is 35.5. The summed E-state index contributed by atoms with van der Waals surface area (Å²) < 4.78 is 0. The van der Waals surface area contributed by atoms with Gasteiger partial charge in [0.25, 0.3) is 0 Å². The Bertz CT molecular complexity index is 1220. The Hall–Kier alpha value is -2.74. The second-order valence-corrected chi connectivity index (χ2v) is 10.6. The second-order valence-electron chi connectivity index (χ2n) is 8.52. The minimum Gasteiger partial charge on any atom is -0.300 e. The van der Waals surface area contributed by atoms with Gasteiger partial charge in [-0.3, -0.25) is 19.3 Å². The maximum Gasteiger partial charge on any atom is 0.249 e. The highest BCUT2D eigenvalue weighted by Crippen LogP contribution is 2.69. The number of hydrogen-bond donors (Lipinski definition) is 1. The molecule has 166 valence electrons. The molecule has 4 aliphatic rings. The van der Waals surface area contributed by atoms with Crippen molar-refractivity contribution in [1.82, 2.24) is 9.88 Å². The maximum absolute atomic E-state index is 13.8. The van der Waals surface area contributed by atoms with Gasteiger partial charge in [-0.25, -0.2) is 4.98 Å². The van der Waals surface area contributed by atoms with Crippen molar-refractivity contribution in [1.29, 1.82) is 0 Å². The normalized spacial score (nSPS) is 30.0. The first kappa shape index (κ1) is 20.8. The van der Waals surface area contributed by atoms with Crippen molar-refractivity contribution in [3.05, 3.63) is 82.4 Å². The third kappa shape index (κ3) is 2.45. The van der Waals surface area contributed by atoms with Gasteiger partial charge in [0, 0.05) is 11.6 Å². The van der Waals surface area contributed by atoms with Crippen LogP contribution in [0.3, 0.4) is 0 Å². The van der Waals surface area contributed by atoms with Crippen molar-refractivity contribution in [2.45, 2.75) is 22.7 Å². The maximum atomic E-state index is 13.8. The Kier molecular flexibility index (Phi) is 4.35. The zero-order valence-corrected chi connectivity index (χ0v) is 19.6. The molecule has 9 heteroatoms. The molecule has 3 amide bonds. The number of alkyl halides is 2. The molecule has 1 fully saturated rings. The van der Waals surface area contributed by atoms with E-state index in [-0.39, 0.29) is 0 Å². The summed E-state index contributed by atoms with van der Waals surface area (Å²) in [5, 5.41) is 4.79. The fourth-order valence-electron chi connectivity index (χ4n) is 5.68. The zero-order chi connectivity index (χ0) is 23.1. The zero-order valence-electron chi connectivity index (χ0n) is 17.3. The molecule has 1 N–H and O–H groups in total. The molecule has 0 saturated carbocycles. The predicted molar refractivity (Wildman–Crippen MR) is 125 cm³/mol. The van der Waals surface area contributed by atoms with Crippen LogP contribution >= 0.6 is 34.5 Å². The summed E-state index contributed by atoms with van der Waals surface area (Å²) in [5.74, 6) is -3.33. The van der Waals surface area contributed by atoms with Crippen molar-refractivity contribution in [2.75, 3.05) is 5.32 Å². The molecule has 0 radical (unpaired) electrons. The lowest BCUT2D eigenvalue weighted by molar-refractivity contribution is -0.146. The molecule has 0 unspecified atom stereocenters. The van der Waals surface area contributed by atoms with Crippen molar-refractivity contribution < 1.29 is 14.4 Å². The number of rotatable bonds is 3. The molecule has 2 bridgehead atoms. The molecule has 2 heterocycles. The molecule has 3 aromatic rings. The Morgan fingerprint density at radius 1 is 0.970 bits per heavy atom. The summed E-state index contributed by atoms with van der Waals surface area (Å²) in [7, 11) is 0. The molecule has 3 aliphatic carbocycles. The largest absolute Gasteiger partial charge is 0.300 e. The number of nitrogens with one attached hydrogen (secondary N) is 1. The summed E-state index contributed by atoms with van der Waals surface area (Å²) in [6.45, 7) is 1.53. The van der Waals surface area contributed by atoms with E-state index < -0.39 is 45.3 Å². The molecule has 2 aromatic carbocycles. The van der Waals surface area contributed by atoms with Crippen LogP contribution in [0.15, 0.2) is 60.1 Å². The molecular formula is C24H17Cl2N3O3S. The average Bonchev–Trinajstić information content (AvgIpc) is 3.42. The van der Waals surface area contributed by atoms with Gasteiger partial charge in [-0.15, -0.1) is 34.5 Å². The molecule has 6 nitrogen and oxygen atoms in total. The van der Waals surface area contributed by atoms with Gasteiger partial charge in [0.1, 0.15) is 15.8 Å². The number of halogens is 2. The second kappa shape index (κ2) is 6.88. The van der Waals surface area contributed by atoms with Gasteiger partial charge < -0.3 is 5.32 Å². The van der Waals surface area contributed by atoms with Gasteiger partial charge in [-0.1, -0.05) is 48.5 Å². The number of carbonyl (C=O) groups is 3. The van der Waals surface area contributed by atoms with Crippen LogP contribution in [-0.2, 0) is 24.1 Å². The summed E-state index contributed by atoms with van der Waals surface area (Å²) in [4.78, 5) is 43.1. The smallest absolute Gasteiger partial charge is 0.249 e. The molecule has 1 saturated heterocycles. The van der Waals surface area contributed by atoms with Crippen LogP contribution in [0.1, 0.15) is 29.2 Å². The van der Waals surface area contributed by atoms with E-state index >= 15 is 0 Å². The topological polar surface area (TPSA) is 79.4 Å². The van der Waals surface area contributed by atoms with Crippen molar-refractivity contribution >= 4 is 57.4 Å². The van der Waals surface area contributed by atoms with E-state index in [1.54, 1.807) is 11.6 Å². The minimum absolute atomic E-state index is 0.394. The highest BCUT2D eigenvalue weighted by molar-refractivity contribution is 7.13. The number of hydrogen-bond acceptors (Lipinski definition) is 5. The van der Waals surface area contributed by atoms with E-state index in [1.807, 2.05) is 48.5 Å². The number of aromatic nitrogens is 1. The number of nitrogens with zero attached hydrogens (tertiary/aromatic N) is 2. The predicted octanol–water partition coefficient (Wildman–Crippen LogP) is 4.06. The van der Waals surface area contributed by atoms with E-state index in [0.29, 0.717) is 5.13 Å². The first-order valence-electron chi connectivity index (χ1n) is 10.5. The van der Waals surface area contributed by atoms with Crippen LogP contribution in [0, 0.1) is 11.8 Å². The number of amides is 3. The average molecular weight is 498 g/mol. The number of thiazole rings is 1. The number of carbonyl (C=O) groups excluding carboxylic acids is 3. The fraction of sp³-hybridized carbons (Fsp3) is 0.250. The van der Waals surface area contributed by atoms with Gasteiger partial charge in [-0.05, 0) is 29.2 Å². The lowest BCUT2D eigenvalue weighted by Crippen LogP contribution is -2.57. The van der Waals surface area contributed by atoms with Gasteiger partial charge in [0.2, 0.25) is 17.7 Å². The van der Waals surface area contributed by atoms with Crippen LogP contribution in [0.4, 0.5) is 5.13 Å². The van der Waals surface area contributed by atoms with Gasteiger partial charge in [0.05, 0.1) is 11.8 Å². The third-order valence-corrected chi connectivity index (χ3v) is 9.02. The van der Waals surface area contributed by atoms with Gasteiger partial charge >= 0.3 is 0 Å². The van der Waals surface area contributed by atoms with Crippen molar-refractivity contribution in [3.8, 4) is 0 Å². The molecular weight excluding hydrogens is 481 g/mol. The Balaban J connectivity index is 1.50. The van der Waals surface area contributed by atoms with E-state index in [9.17, 15) is 14.4 Å². The molecule has 3 atom stereocenters. The molecule has 1 aliphatic heterocycles.